The van der Waals surface area contributed by atoms with Gasteiger partial charge in [0.25, 0.3) is 5.09 Å². The maximum Gasteiger partial charge on any atom is 0.303 e. The standard InChI is InChI=1S/C12H14N2O6/c1-8(15)13-10-4-2-9(3-5-10)11(20-14(18)19)6-7-12(16)17/h2-5,11H,6-7H2,1H3,(H,13,15)(H,16,17). The van der Waals surface area contributed by atoms with Crippen LogP contribution in [0, 0.1) is 10.1 Å². The van der Waals surface area contributed by atoms with Crippen molar-refractivity contribution in [2.24, 2.45) is 0 Å². The van der Waals surface area contributed by atoms with Gasteiger partial charge in [-0.1, -0.05) is 12.1 Å². The number of carbonyl (C=O) groups excluding carboxylic acids is 1. The number of aliphatic carboxylic acids is 1. The maximum atomic E-state index is 10.9. The second kappa shape index (κ2) is 7.07. The molecule has 20 heavy (non-hydrogen) atoms. The van der Waals surface area contributed by atoms with Crippen LogP contribution in [0.2, 0.25) is 0 Å². The van der Waals surface area contributed by atoms with E-state index in [4.69, 9.17) is 5.11 Å². The first-order valence-corrected chi connectivity index (χ1v) is 5.79. The predicted molar refractivity (Wildman–Crippen MR) is 68.4 cm³/mol. The van der Waals surface area contributed by atoms with Crippen LogP contribution >= 0.6 is 0 Å². The molecule has 1 amide bonds. The van der Waals surface area contributed by atoms with Crippen LogP contribution in [0.1, 0.15) is 31.4 Å². The lowest BCUT2D eigenvalue weighted by Gasteiger charge is -2.14. The Morgan fingerprint density at radius 2 is 2.00 bits per heavy atom. The van der Waals surface area contributed by atoms with E-state index >= 15 is 0 Å². The van der Waals surface area contributed by atoms with Gasteiger partial charge in [0, 0.05) is 19.0 Å². The Hall–Kier alpha value is -2.64. The summed E-state index contributed by atoms with van der Waals surface area (Å²) >= 11 is 0. The first kappa shape index (κ1) is 15.4. The Morgan fingerprint density at radius 3 is 2.45 bits per heavy atom. The van der Waals surface area contributed by atoms with Crippen molar-refractivity contribution < 1.29 is 24.6 Å². The zero-order valence-corrected chi connectivity index (χ0v) is 10.7. The highest BCUT2D eigenvalue weighted by atomic mass is 17.0. The molecular weight excluding hydrogens is 268 g/mol. The molecule has 0 bridgehead atoms. The minimum atomic E-state index is -1.06. The largest absolute Gasteiger partial charge is 0.481 e. The quantitative estimate of drug-likeness (QED) is 0.581. The molecule has 1 aromatic rings. The monoisotopic (exact) mass is 282 g/mol. The number of hydrogen-bond acceptors (Lipinski definition) is 5. The smallest absolute Gasteiger partial charge is 0.303 e. The van der Waals surface area contributed by atoms with Crippen LogP contribution in [0.5, 0.6) is 0 Å². The first-order valence-electron chi connectivity index (χ1n) is 5.79. The van der Waals surface area contributed by atoms with Crippen LogP contribution in [0.25, 0.3) is 0 Å². The van der Waals surface area contributed by atoms with Gasteiger partial charge in [-0.3, -0.25) is 9.59 Å². The SMILES string of the molecule is CC(=O)Nc1ccc(C(CCC(=O)O)O[N+](=O)[O-])cc1. The predicted octanol–water partition coefficient (Wildman–Crippen LogP) is 1.76. The van der Waals surface area contributed by atoms with Gasteiger partial charge in [-0.2, -0.15) is 0 Å². The molecule has 1 aromatic carbocycles. The molecule has 1 unspecified atom stereocenters. The van der Waals surface area contributed by atoms with Crippen molar-refractivity contribution in [2.45, 2.75) is 25.9 Å². The Kier molecular flexibility index (Phi) is 5.45. The molecule has 8 nitrogen and oxygen atoms in total. The topological polar surface area (TPSA) is 119 Å². The van der Waals surface area contributed by atoms with E-state index in [0.29, 0.717) is 11.3 Å². The number of hydrogen-bond donors (Lipinski definition) is 2. The highest BCUT2D eigenvalue weighted by Gasteiger charge is 2.17. The average molecular weight is 282 g/mol. The van der Waals surface area contributed by atoms with Gasteiger partial charge in [0.1, 0.15) is 6.10 Å². The fourth-order valence-corrected chi connectivity index (χ4v) is 1.62. The molecule has 0 aliphatic carbocycles. The van der Waals surface area contributed by atoms with Gasteiger partial charge in [0.2, 0.25) is 5.91 Å². The van der Waals surface area contributed by atoms with E-state index in [0.717, 1.165) is 0 Å². The fourth-order valence-electron chi connectivity index (χ4n) is 1.62. The van der Waals surface area contributed by atoms with E-state index in [-0.39, 0.29) is 18.7 Å². The Bertz CT molecular complexity index is 499. The molecule has 0 aliphatic heterocycles. The van der Waals surface area contributed by atoms with Crippen molar-refractivity contribution in [3.8, 4) is 0 Å². The van der Waals surface area contributed by atoms with Crippen LogP contribution < -0.4 is 5.32 Å². The number of carboxylic acids is 1. The van der Waals surface area contributed by atoms with Crippen LogP contribution in [0.15, 0.2) is 24.3 Å². The molecule has 0 aromatic heterocycles. The van der Waals surface area contributed by atoms with Gasteiger partial charge in [-0.25, -0.2) is 0 Å². The van der Waals surface area contributed by atoms with Crippen molar-refractivity contribution >= 4 is 17.6 Å². The second-order valence-corrected chi connectivity index (χ2v) is 4.05. The number of carbonyl (C=O) groups is 2. The van der Waals surface area contributed by atoms with E-state index in [9.17, 15) is 19.7 Å². The van der Waals surface area contributed by atoms with Crippen molar-refractivity contribution in [1.82, 2.24) is 0 Å². The number of nitrogens with zero attached hydrogens (tertiary/aromatic N) is 1. The summed E-state index contributed by atoms with van der Waals surface area (Å²) in [6, 6.07) is 6.21. The number of amides is 1. The van der Waals surface area contributed by atoms with E-state index < -0.39 is 17.2 Å². The molecule has 0 heterocycles. The zero-order chi connectivity index (χ0) is 15.1. The Morgan fingerprint density at radius 1 is 1.40 bits per heavy atom. The van der Waals surface area contributed by atoms with Crippen LogP contribution in [0.3, 0.4) is 0 Å². The molecule has 1 atom stereocenters. The summed E-state index contributed by atoms with van der Waals surface area (Å²) in [6.45, 7) is 1.36. The number of carboxylic acid groups (broad SMARTS) is 1. The zero-order valence-electron chi connectivity index (χ0n) is 10.7. The lowest BCUT2D eigenvalue weighted by molar-refractivity contribution is -0.771. The molecule has 0 radical (unpaired) electrons. The third-order valence-electron chi connectivity index (χ3n) is 2.44. The molecule has 0 saturated carbocycles. The molecule has 0 fully saturated rings. The van der Waals surface area contributed by atoms with Crippen LogP contribution in [-0.2, 0) is 14.4 Å². The van der Waals surface area contributed by atoms with Crippen LogP contribution in [0.4, 0.5) is 5.69 Å². The van der Waals surface area contributed by atoms with Crippen LogP contribution in [-0.4, -0.2) is 22.1 Å². The average Bonchev–Trinajstić information content (AvgIpc) is 2.34. The van der Waals surface area contributed by atoms with Crippen molar-refractivity contribution in [1.29, 1.82) is 0 Å². The Balaban J connectivity index is 2.81. The first-order chi connectivity index (χ1) is 9.38. The molecule has 0 aliphatic rings. The minimum Gasteiger partial charge on any atom is -0.481 e. The molecule has 0 saturated heterocycles. The van der Waals surface area contributed by atoms with Crippen molar-refractivity contribution in [3.63, 3.8) is 0 Å². The molecular formula is C12H14N2O6. The number of nitrogens with one attached hydrogen (secondary N) is 1. The Labute approximate surface area is 114 Å². The summed E-state index contributed by atoms with van der Waals surface area (Å²) in [5.41, 5.74) is 1.01. The maximum absolute atomic E-state index is 10.9. The van der Waals surface area contributed by atoms with E-state index in [2.05, 4.69) is 10.2 Å². The summed E-state index contributed by atoms with van der Waals surface area (Å²) in [5, 5.41) is 20.6. The van der Waals surface area contributed by atoms with Gasteiger partial charge in [0.05, 0.1) is 0 Å². The van der Waals surface area contributed by atoms with Gasteiger partial charge in [-0.05, 0) is 24.1 Å². The highest BCUT2D eigenvalue weighted by molar-refractivity contribution is 5.88. The van der Waals surface area contributed by atoms with Crippen molar-refractivity contribution in [3.05, 3.63) is 39.9 Å². The van der Waals surface area contributed by atoms with Gasteiger partial charge >= 0.3 is 5.97 Å². The molecule has 1 rings (SSSR count). The second-order valence-electron chi connectivity index (χ2n) is 4.05. The molecule has 108 valence electrons. The van der Waals surface area contributed by atoms with Gasteiger partial charge < -0.3 is 15.3 Å². The van der Waals surface area contributed by atoms with E-state index in [1.54, 1.807) is 24.3 Å². The number of anilines is 1. The third-order valence-corrected chi connectivity index (χ3v) is 2.44. The lowest BCUT2D eigenvalue weighted by atomic mass is 10.0. The van der Waals surface area contributed by atoms with Gasteiger partial charge in [0.15, 0.2) is 0 Å². The van der Waals surface area contributed by atoms with Gasteiger partial charge in [-0.15, -0.1) is 10.1 Å². The normalized spacial score (nSPS) is 11.4. The number of benzene rings is 1. The minimum absolute atomic E-state index is 0.0181. The fraction of sp³-hybridized carbons (Fsp3) is 0.333. The van der Waals surface area contributed by atoms with E-state index in [1.807, 2.05) is 0 Å². The third kappa shape index (κ3) is 5.34. The summed E-state index contributed by atoms with van der Waals surface area (Å²) in [4.78, 5) is 36.3. The molecule has 8 heteroatoms. The summed E-state index contributed by atoms with van der Waals surface area (Å²) in [7, 11) is 0. The summed E-state index contributed by atoms with van der Waals surface area (Å²) in [5.74, 6) is -1.29. The molecule has 0 spiro atoms. The number of rotatable bonds is 7. The highest BCUT2D eigenvalue weighted by Crippen LogP contribution is 2.24. The van der Waals surface area contributed by atoms with Crippen molar-refractivity contribution in [2.75, 3.05) is 5.32 Å². The summed E-state index contributed by atoms with van der Waals surface area (Å²) < 4.78 is 0. The summed E-state index contributed by atoms with van der Waals surface area (Å²) in [6.07, 6.45) is -1.21. The van der Waals surface area contributed by atoms with E-state index in [1.165, 1.54) is 6.92 Å². The lowest BCUT2D eigenvalue weighted by Crippen LogP contribution is -2.12. The molecule has 2 N–H and O–H groups in total.